The predicted molar refractivity (Wildman–Crippen MR) is 44.2 cm³/mol. The Morgan fingerprint density at radius 2 is 2.18 bits per heavy atom. The lowest BCUT2D eigenvalue weighted by Crippen LogP contribution is -2.28. The zero-order valence-corrected chi connectivity index (χ0v) is 6.76. The van der Waals surface area contributed by atoms with Crippen molar-refractivity contribution in [2.75, 3.05) is 0 Å². The maximum Gasteiger partial charge on any atom is 0.286 e. The Balaban J connectivity index is 2.96. The summed E-state index contributed by atoms with van der Waals surface area (Å²) >= 11 is 0. The van der Waals surface area contributed by atoms with Gasteiger partial charge in [0, 0.05) is 0 Å². The van der Waals surface area contributed by atoms with E-state index in [9.17, 15) is 0 Å². The molecular weight excluding hydrogens is 136 g/mol. The molecule has 11 heavy (non-hydrogen) atoms. The normalized spacial score (nSPS) is 10.7. The molecule has 0 bridgehead atoms. The van der Waals surface area contributed by atoms with Gasteiger partial charge in [0.05, 0.1) is 24.8 Å². The Morgan fingerprint density at radius 3 is 2.91 bits per heavy atom. The number of hydrogen-bond acceptors (Lipinski definition) is 0. The van der Waals surface area contributed by atoms with Gasteiger partial charge in [-0.1, -0.05) is 0 Å². The van der Waals surface area contributed by atoms with Crippen molar-refractivity contribution in [3.8, 4) is 0 Å². The SMILES string of the molecule is Cc1cc[n+](C)c2[nH]ccc12. The summed E-state index contributed by atoms with van der Waals surface area (Å²) in [6, 6.07) is 4.22. The average Bonchev–Trinajstić information content (AvgIpc) is 2.45. The number of nitrogens with zero attached hydrogens (tertiary/aromatic N) is 1. The van der Waals surface area contributed by atoms with Crippen LogP contribution in [0.15, 0.2) is 24.5 Å². The lowest BCUT2D eigenvalue weighted by atomic mass is 10.2. The van der Waals surface area contributed by atoms with Crippen molar-refractivity contribution in [3.05, 3.63) is 30.1 Å². The Morgan fingerprint density at radius 1 is 1.36 bits per heavy atom. The van der Waals surface area contributed by atoms with Crippen molar-refractivity contribution in [2.45, 2.75) is 6.92 Å². The van der Waals surface area contributed by atoms with Crippen molar-refractivity contribution in [2.24, 2.45) is 7.05 Å². The molecule has 0 amide bonds. The lowest BCUT2D eigenvalue weighted by Gasteiger charge is -1.94. The van der Waals surface area contributed by atoms with E-state index < -0.39 is 0 Å². The molecule has 2 aromatic rings. The summed E-state index contributed by atoms with van der Waals surface area (Å²) in [5.74, 6) is 0. The number of aryl methyl sites for hydroxylation is 2. The highest BCUT2D eigenvalue weighted by molar-refractivity contribution is 5.76. The second-order valence-electron chi connectivity index (χ2n) is 2.85. The van der Waals surface area contributed by atoms with E-state index in [2.05, 4.69) is 34.8 Å². The van der Waals surface area contributed by atoms with Gasteiger partial charge in [-0.15, -0.1) is 0 Å². The van der Waals surface area contributed by atoms with E-state index in [1.54, 1.807) is 0 Å². The molecule has 2 heteroatoms. The van der Waals surface area contributed by atoms with Crippen LogP contribution in [0.1, 0.15) is 5.56 Å². The van der Waals surface area contributed by atoms with Gasteiger partial charge >= 0.3 is 0 Å². The quantitative estimate of drug-likeness (QED) is 0.542. The van der Waals surface area contributed by atoms with Crippen LogP contribution in [-0.4, -0.2) is 4.98 Å². The molecule has 0 saturated carbocycles. The molecule has 0 fully saturated rings. The molecule has 0 unspecified atom stereocenters. The molecule has 56 valence electrons. The molecule has 2 nitrogen and oxygen atoms in total. The largest absolute Gasteiger partial charge is 0.286 e. The minimum absolute atomic E-state index is 1.19. The van der Waals surface area contributed by atoms with Gasteiger partial charge in [-0.3, -0.25) is 0 Å². The van der Waals surface area contributed by atoms with Crippen LogP contribution in [0.2, 0.25) is 0 Å². The number of hydrogen-bond donors (Lipinski definition) is 1. The first-order valence-corrected chi connectivity index (χ1v) is 3.71. The number of rotatable bonds is 0. The van der Waals surface area contributed by atoms with Crippen LogP contribution in [0.3, 0.4) is 0 Å². The van der Waals surface area contributed by atoms with Gasteiger partial charge in [-0.2, -0.15) is 0 Å². The predicted octanol–water partition coefficient (Wildman–Crippen LogP) is 1.30. The van der Waals surface area contributed by atoms with Crippen molar-refractivity contribution in [1.82, 2.24) is 4.98 Å². The highest BCUT2D eigenvalue weighted by atomic mass is 15.0. The number of aromatic amines is 1. The van der Waals surface area contributed by atoms with Crippen molar-refractivity contribution in [3.63, 3.8) is 0 Å². The Labute approximate surface area is 65.5 Å². The third-order valence-corrected chi connectivity index (χ3v) is 2.05. The zero-order valence-electron chi connectivity index (χ0n) is 6.76. The van der Waals surface area contributed by atoms with E-state index >= 15 is 0 Å². The zero-order chi connectivity index (χ0) is 7.84. The first kappa shape index (κ1) is 6.40. The number of fused-ring (bicyclic) bond motifs is 1. The molecule has 2 rings (SSSR count). The molecule has 0 radical (unpaired) electrons. The maximum atomic E-state index is 3.19. The van der Waals surface area contributed by atoms with Crippen molar-refractivity contribution < 1.29 is 4.57 Å². The van der Waals surface area contributed by atoms with E-state index in [1.165, 1.54) is 16.6 Å². The highest BCUT2D eigenvalue weighted by Crippen LogP contribution is 2.11. The molecule has 2 aromatic heterocycles. The Kier molecular flexibility index (Phi) is 1.22. The summed E-state index contributed by atoms with van der Waals surface area (Å²) in [6.07, 6.45) is 4.03. The summed E-state index contributed by atoms with van der Waals surface area (Å²) in [5.41, 5.74) is 2.50. The molecule has 0 aromatic carbocycles. The summed E-state index contributed by atoms with van der Waals surface area (Å²) in [5, 5.41) is 1.30. The maximum absolute atomic E-state index is 3.19. The van der Waals surface area contributed by atoms with Crippen LogP contribution in [-0.2, 0) is 7.05 Å². The van der Waals surface area contributed by atoms with Gasteiger partial charge in [0.1, 0.15) is 0 Å². The van der Waals surface area contributed by atoms with Crippen LogP contribution in [0, 0.1) is 6.92 Å². The summed E-state index contributed by atoms with van der Waals surface area (Å²) in [6.45, 7) is 2.12. The van der Waals surface area contributed by atoms with Crippen molar-refractivity contribution in [1.29, 1.82) is 0 Å². The minimum atomic E-state index is 1.19. The third kappa shape index (κ3) is 0.827. The molecule has 1 N–H and O–H groups in total. The number of aromatic nitrogens is 2. The Hall–Kier alpha value is -1.31. The number of H-pyrrole nitrogens is 1. The van der Waals surface area contributed by atoms with Crippen LogP contribution in [0.5, 0.6) is 0 Å². The van der Waals surface area contributed by atoms with E-state index in [0.29, 0.717) is 0 Å². The summed E-state index contributed by atoms with van der Waals surface area (Å²) in [7, 11) is 2.04. The molecule has 0 aliphatic carbocycles. The fraction of sp³-hybridized carbons (Fsp3) is 0.222. The molecule has 0 saturated heterocycles. The Bertz CT molecular complexity index is 351. The van der Waals surface area contributed by atoms with Crippen LogP contribution in [0.4, 0.5) is 0 Å². The minimum Gasteiger partial charge on any atom is -0.247 e. The average molecular weight is 147 g/mol. The van der Waals surface area contributed by atoms with E-state index in [1.807, 2.05) is 13.2 Å². The summed E-state index contributed by atoms with van der Waals surface area (Å²) < 4.78 is 2.09. The molecular formula is C9H11N2+. The lowest BCUT2D eigenvalue weighted by molar-refractivity contribution is -0.646. The first-order chi connectivity index (χ1) is 5.29. The van der Waals surface area contributed by atoms with Gasteiger partial charge in [0.15, 0.2) is 0 Å². The molecule has 0 aliphatic heterocycles. The molecule has 2 heterocycles. The fourth-order valence-electron chi connectivity index (χ4n) is 1.36. The molecule has 0 spiro atoms. The second kappa shape index (κ2) is 2.09. The first-order valence-electron chi connectivity index (χ1n) is 3.71. The fourth-order valence-corrected chi connectivity index (χ4v) is 1.36. The van der Waals surface area contributed by atoms with E-state index in [-0.39, 0.29) is 0 Å². The van der Waals surface area contributed by atoms with Gasteiger partial charge < -0.3 is 0 Å². The topological polar surface area (TPSA) is 19.7 Å². The van der Waals surface area contributed by atoms with E-state index in [4.69, 9.17) is 0 Å². The van der Waals surface area contributed by atoms with Crippen molar-refractivity contribution >= 4 is 11.0 Å². The van der Waals surface area contributed by atoms with Crippen LogP contribution >= 0.6 is 0 Å². The number of pyridine rings is 1. The monoisotopic (exact) mass is 147 g/mol. The molecule has 0 aliphatic rings. The van der Waals surface area contributed by atoms with Gasteiger partial charge in [-0.05, 0) is 24.6 Å². The summed E-state index contributed by atoms with van der Waals surface area (Å²) in [4.78, 5) is 3.19. The highest BCUT2D eigenvalue weighted by Gasteiger charge is 2.05. The standard InChI is InChI=1S/C9H10N2/c1-7-4-6-11(2)9-8(7)3-5-10-9/h3-6H,1-2H3/p+1. The van der Waals surface area contributed by atoms with Gasteiger partial charge in [0.25, 0.3) is 5.65 Å². The third-order valence-electron chi connectivity index (χ3n) is 2.05. The number of nitrogens with one attached hydrogen (secondary N) is 1. The van der Waals surface area contributed by atoms with Gasteiger partial charge in [-0.25, -0.2) is 9.55 Å². The van der Waals surface area contributed by atoms with E-state index in [0.717, 1.165) is 0 Å². The van der Waals surface area contributed by atoms with Crippen LogP contribution < -0.4 is 4.57 Å². The van der Waals surface area contributed by atoms with Gasteiger partial charge in [0.2, 0.25) is 0 Å². The smallest absolute Gasteiger partial charge is 0.247 e. The van der Waals surface area contributed by atoms with Crippen LogP contribution in [0.25, 0.3) is 11.0 Å². The molecule has 0 atom stereocenters. The second-order valence-corrected chi connectivity index (χ2v) is 2.85.